The number of ether oxygens (including phenoxy) is 2. The van der Waals surface area contributed by atoms with E-state index >= 15 is 0 Å². The standard InChI is InChI=1S/C17H26O3/c1-17(20-3,15-11-7-6-8-12-15)14-10-5-4-9-13-16(18)19-2/h6-8,11-12H,4-5,9-10,13-14H2,1-3H3. The third kappa shape index (κ3) is 5.33. The van der Waals surface area contributed by atoms with Crippen LogP contribution in [0.5, 0.6) is 0 Å². The number of esters is 1. The van der Waals surface area contributed by atoms with Crippen LogP contribution in [-0.2, 0) is 19.9 Å². The van der Waals surface area contributed by atoms with Gasteiger partial charge in [0.05, 0.1) is 12.7 Å². The maximum absolute atomic E-state index is 11.0. The second-order valence-corrected chi connectivity index (χ2v) is 5.29. The molecule has 112 valence electrons. The quantitative estimate of drug-likeness (QED) is 0.505. The van der Waals surface area contributed by atoms with E-state index < -0.39 is 0 Å². The van der Waals surface area contributed by atoms with Crippen molar-refractivity contribution < 1.29 is 14.3 Å². The maximum atomic E-state index is 11.0. The Morgan fingerprint density at radius 3 is 2.30 bits per heavy atom. The van der Waals surface area contributed by atoms with Gasteiger partial charge in [0.15, 0.2) is 0 Å². The van der Waals surface area contributed by atoms with Crippen LogP contribution < -0.4 is 0 Å². The first-order chi connectivity index (χ1) is 9.62. The summed E-state index contributed by atoms with van der Waals surface area (Å²) in [4.78, 5) is 11.0. The Bertz CT molecular complexity index is 388. The van der Waals surface area contributed by atoms with E-state index in [0.29, 0.717) is 6.42 Å². The highest BCUT2D eigenvalue weighted by Gasteiger charge is 2.24. The van der Waals surface area contributed by atoms with Crippen LogP contribution in [0.4, 0.5) is 0 Å². The number of benzene rings is 1. The predicted octanol–water partition coefficient (Wildman–Crippen LogP) is 4.06. The van der Waals surface area contributed by atoms with E-state index in [1.54, 1.807) is 7.11 Å². The molecule has 0 spiro atoms. The molecule has 0 saturated carbocycles. The van der Waals surface area contributed by atoms with E-state index in [2.05, 4.69) is 23.8 Å². The molecule has 1 aromatic rings. The van der Waals surface area contributed by atoms with Gasteiger partial charge in [-0.3, -0.25) is 4.79 Å². The van der Waals surface area contributed by atoms with Crippen molar-refractivity contribution in [1.82, 2.24) is 0 Å². The number of carbonyl (C=O) groups excluding carboxylic acids is 1. The van der Waals surface area contributed by atoms with Crippen molar-refractivity contribution in [2.24, 2.45) is 0 Å². The van der Waals surface area contributed by atoms with Crippen molar-refractivity contribution >= 4 is 5.97 Å². The molecule has 0 amide bonds. The molecule has 3 heteroatoms. The van der Waals surface area contributed by atoms with Gasteiger partial charge in [-0.15, -0.1) is 0 Å². The van der Waals surface area contributed by atoms with Gasteiger partial charge in [0.2, 0.25) is 0 Å². The van der Waals surface area contributed by atoms with Crippen LogP contribution >= 0.6 is 0 Å². The van der Waals surface area contributed by atoms with Gasteiger partial charge in [0, 0.05) is 13.5 Å². The van der Waals surface area contributed by atoms with E-state index in [1.165, 1.54) is 12.7 Å². The summed E-state index contributed by atoms with van der Waals surface area (Å²) in [5.41, 5.74) is 1.00. The van der Waals surface area contributed by atoms with Crippen LogP contribution in [0.2, 0.25) is 0 Å². The third-order valence-electron chi connectivity index (χ3n) is 3.85. The summed E-state index contributed by atoms with van der Waals surface area (Å²) < 4.78 is 10.3. The smallest absolute Gasteiger partial charge is 0.305 e. The lowest BCUT2D eigenvalue weighted by atomic mass is 9.90. The van der Waals surface area contributed by atoms with Crippen LogP contribution in [0, 0.1) is 0 Å². The second-order valence-electron chi connectivity index (χ2n) is 5.29. The van der Waals surface area contributed by atoms with Gasteiger partial charge in [0.25, 0.3) is 0 Å². The van der Waals surface area contributed by atoms with Gasteiger partial charge >= 0.3 is 5.97 Å². The minimum Gasteiger partial charge on any atom is -0.469 e. The highest BCUT2D eigenvalue weighted by molar-refractivity contribution is 5.68. The summed E-state index contributed by atoms with van der Waals surface area (Å²) in [7, 11) is 3.20. The molecule has 1 unspecified atom stereocenters. The molecule has 1 atom stereocenters. The van der Waals surface area contributed by atoms with Crippen molar-refractivity contribution in [2.45, 2.75) is 51.0 Å². The summed E-state index contributed by atoms with van der Waals surface area (Å²) in [6.45, 7) is 2.14. The van der Waals surface area contributed by atoms with Crippen molar-refractivity contribution in [3.8, 4) is 0 Å². The Morgan fingerprint density at radius 1 is 1.05 bits per heavy atom. The Labute approximate surface area is 122 Å². The number of methoxy groups -OCH3 is 2. The van der Waals surface area contributed by atoms with E-state index in [4.69, 9.17) is 4.74 Å². The van der Waals surface area contributed by atoms with E-state index in [-0.39, 0.29) is 11.6 Å². The van der Waals surface area contributed by atoms with Gasteiger partial charge in [-0.05, 0) is 25.3 Å². The third-order valence-corrected chi connectivity index (χ3v) is 3.85. The normalized spacial score (nSPS) is 13.8. The van der Waals surface area contributed by atoms with E-state index in [9.17, 15) is 4.79 Å². The molecule has 0 radical (unpaired) electrons. The fourth-order valence-electron chi connectivity index (χ4n) is 2.34. The van der Waals surface area contributed by atoms with Crippen molar-refractivity contribution in [1.29, 1.82) is 0 Å². The molecule has 0 bridgehead atoms. The summed E-state index contributed by atoms with van der Waals surface area (Å²) >= 11 is 0. The number of rotatable bonds is 9. The zero-order valence-corrected chi connectivity index (χ0v) is 12.9. The van der Waals surface area contributed by atoms with Crippen LogP contribution in [0.1, 0.15) is 51.0 Å². The summed E-state index contributed by atoms with van der Waals surface area (Å²) in [5, 5.41) is 0. The largest absolute Gasteiger partial charge is 0.469 e. The fourth-order valence-corrected chi connectivity index (χ4v) is 2.34. The van der Waals surface area contributed by atoms with Gasteiger partial charge in [-0.2, -0.15) is 0 Å². The van der Waals surface area contributed by atoms with Crippen LogP contribution in [0.25, 0.3) is 0 Å². The van der Waals surface area contributed by atoms with Gasteiger partial charge in [-0.1, -0.05) is 49.6 Å². The van der Waals surface area contributed by atoms with E-state index in [0.717, 1.165) is 32.1 Å². The molecule has 0 aliphatic carbocycles. The van der Waals surface area contributed by atoms with Crippen molar-refractivity contribution in [3.05, 3.63) is 35.9 Å². The molecule has 1 rings (SSSR count). The Balaban J connectivity index is 2.30. The molecule has 0 aromatic heterocycles. The molecule has 0 heterocycles. The number of hydrogen-bond donors (Lipinski definition) is 0. The molecule has 3 nitrogen and oxygen atoms in total. The topological polar surface area (TPSA) is 35.5 Å². The Kier molecular flexibility index (Phi) is 7.31. The maximum Gasteiger partial charge on any atom is 0.305 e. The number of unbranched alkanes of at least 4 members (excludes halogenated alkanes) is 3. The van der Waals surface area contributed by atoms with Crippen LogP contribution in [-0.4, -0.2) is 20.2 Å². The number of carbonyl (C=O) groups is 1. The first kappa shape index (κ1) is 16.7. The lowest BCUT2D eigenvalue weighted by molar-refractivity contribution is -0.140. The van der Waals surface area contributed by atoms with Gasteiger partial charge < -0.3 is 9.47 Å². The first-order valence-electron chi connectivity index (χ1n) is 7.30. The average Bonchev–Trinajstić information content (AvgIpc) is 2.51. The molecule has 0 N–H and O–H groups in total. The molecule has 0 aliphatic rings. The highest BCUT2D eigenvalue weighted by atomic mass is 16.5. The number of hydrogen-bond acceptors (Lipinski definition) is 3. The predicted molar refractivity (Wildman–Crippen MR) is 80.5 cm³/mol. The molecule has 1 aromatic carbocycles. The van der Waals surface area contributed by atoms with Gasteiger partial charge in [0.1, 0.15) is 0 Å². The van der Waals surface area contributed by atoms with Crippen molar-refractivity contribution in [3.63, 3.8) is 0 Å². The zero-order chi connectivity index (χ0) is 14.8. The lowest BCUT2D eigenvalue weighted by Gasteiger charge is -2.28. The monoisotopic (exact) mass is 278 g/mol. The average molecular weight is 278 g/mol. The van der Waals surface area contributed by atoms with Crippen LogP contribution in [0.15, 0.2) is 30.3 Å². The van der Waals surface area contributed by atoms with Crippen LogP contribution in [0.3, 0.4) is 0 Å². The Morgan fingerprint density at radius 2 is 1.70 bits per heavy atom. The minimum atomic E-state index is -0.219. The molecule has 20 heavy (non-hydrogen) atoms. The second kappa shape index (κ2) is 8.75. The zero-order valence-electron chi connectivity index (χ0n) is 12.9. The summed E-state index contributed by atoms with van der Waals surface area (Å²) in [6, 6.07) is 10.3. The first-order valence-corrected chi connectivity index (χ1v) is 7.30. The van der Waals surface area contributed by atoms with E-state index in [1.807, 2.05) is 18.2 Å². The van der Waals surface area contributed by atoms with Crippen molar-refractivity contribution in [2.75, 3.05) is 14.2 Å². The lowest BCUT2D eigenvalue weighted by Crippen LogP contribution is -2.24. The summed E-state index contributed by atoms with van der Waals surface area (Å²) in [5.74, 6) is -0.115. The fraction of sp³-hybridized carbons (Fsp3) is 0.588. The molecular weight excluding hydrogens is 252 g/mol. The van der Waals surface area contributed by atoms with Gasteiger partial charge in [-0.25, -0.2) is 0 Å². The molecule has 0 saturated heterocycles. The summed E-state index contributed by atoms with van der Waals surface area (Å²) in [6.07, 6.45) is 5.69. The molecular formula is C17H26O3. The highest BCUT2D eigenvalue weighted by Crippen LogP contribution is 2.30. The molecule has 0 fully saturated rings. The Hall–Kier alpha value is -1.35. The SMILES string of the molecule is COC(=O)CCCCCCC(C)(OC)c1ccccc1. The molecule has 0 aliphatic heterocycles. The minimum absolute atomic E-state index is 0.115.